The third kappa shape index (κ3) is 3.13. The number of halogens is 3. The molecule has 108 valence electrons. The molecule has 2 aromatic rings. The van der Waals surface area contributed by atoms with E-state index in [0.29, 0.717) is 0 Å². The molecule has 0 aliphatic rings. The maximum Gasteiger partial charge on any atom is 0.416 e. The number of sulfone groups is 1. The summed E-state index contributed by atoms with van der Waals surface area (Å²) in [4.78, 5) is 0. The van der Waals surface area contributed by atoms with Gasteiger partial charge in [-0.1, -0.05) is 12.1 Å². The topological polar surface area (TPSA) is 60.2 Å². The van der Waals surface area contributed by atoms with E-state index in [1.807, 2.05) is 0 Å². The molecule has 3 nitrogen and oxygen atoms in total. The fourth-order valence-corrected chi connectivity index (χ4v) is 4.17. The predicted molar refractivity (Wildman–Crippen MR) is 71.1 cm³/mol. The molecular formula is C12H10F3NO2S2. The number of nitrogens with two attached hydrogens (primary N) is 1. The second-order valence-electron chi connectivity index (χ2n) is 4.11. The number of benzene rings is 1. The number of hydrogen-bond donors (Lipinski definition) is 1. The van der Waals surface area contributed by atoms with Crippen LogP contribution < -0.4 is 5.73 Å². The molecule has 0 aliphatic heterocycles. The molecule has 20 heavy (non-hydrogen) atoms. The van der Waals surface area contributed by atoms with Crippen LogP contribution in [-0.4, -0.2) is 8.42 Å². The smallest absolute Gasteiger partial charge is 0.399 e. The van der Waals surface area contributed by atoms with Crippen molar-refractivity contribution in [3.63, 3.8) is 0 Å². The first-order valence-corrected chi connectivity index (χ1v) is 7.95. The van der Waals surface area contributed by atoms with Gasteiger partial charge in [0.15, 0.2) is 9.84 Å². The van der Waals surface area contributed by atoms with E-state index >= 15 is 0 Å². The minimum atomic E-state index is -4.64. The van der Waals surface area contributed by atoms with Gasteiger partial charge in [-0.2, -0.15) is 13.2 Å². The minimum Gasteiger partial charge on any atom is -0.399 e. The standard InChI is InChI=1S/C12H10F3NO2S2/c13-12(14,15)10-6-9(16)4-3-8(10)7-20(17,18)11-2-1-5-19-11/h1-6H,7,16H2. The van der Waals surface area contributed by atoms with Crippen molar-refractivity contribution in [1.29, 1.82) is 0 Å². The first-order valence-electron chi connectivity index (χ1n) is 5.42. The van der Waals surface area contributed by atoms with E-state index in [9.17, 15) is 21.6 Å². The lowest BCUT2D eigenvalue weighted by Gasteiger charge is -2.13. The van der Waals surface area contributed by atoms with Gasteiger partial charge in [0, 0.05) is 5.69 Å². The summed E-state index contributed by atoms with van der Waals surface area (Å²) >= 11 is 0.972. The van der Waals surface area contributed by atoms with E-state index in [0.717, 1.165) is 23.5 Å². The molecule has 0 radical (unpaired) electrons. The zero-order chi connectivity index (χ0) is 15.0. The Morgan fingerprint density at radius 2 is 1.90 bits per heavy atom. The number of hydrogen-bond acceptors (Lipinski definition) is 4. The average Bonchev–Trinajstić information content (AvgIpc) is 2.84. The largest absolute Gasteiger partial charge is 0.416 e. The van der Waals surface area contributed by atoms with Crippen molar-refractivity contribution in [1.82, 2.24) is 0 Å². The van der Waals surface area contributed by atoms with E-state index in [1.54, 1.807) is 5.38 Å². The van der Waals surface area contributed by atoms with Crippen LogP contribution in [0.2, 0.25) is 0 Å². The second kappa shape index (κ2) is 5.10. The first kappa shape index (κ1) is 14.9. The lowest BCUT2D eigenvalue weighted by atomic mass is 10.1. The van der Waals surface area contributed by atoms with Crippen molar-refractivity contribution in [3.8, 4) is 0 Å². The lowest BCUT2D eigenvalue weighted by molar-refractivity contribution is -0.138. The SMILES string of the molecule is Nc1ccc(CS(=O)(=O)c2cccs2)c(C(F)(F)F)c1. The maximum absolute atomic E-state index is 12.9. The van der Waals surface area contributed by atoms with Gasteiger partial charge < -0.3 is 5.73 Å². The van der Waals surface area contributed by atoms with Gasteiger partial charge in [-0.25, -0.2) is 8.42 Å². The van der Waals surface area contributed by atoms with Crippen molar-refractivity contribution in [2.75, 3.05) is 5.73 Å². The molecule has 0 bridgehead atoms. The fraction of sp³-hybridized carbons (Fsp3) is 0.167. The predicted octanol–water partition coefficient (Wildman–Crippen LogP) is 3.32. The zero-order valence-corrected chi connectivity index (χ0v) is 11.6. The highest BCUT2D eigenvalue weighted by atomic mass is 32.2. The Labute approximate surface area is 117 Å². The minimum absolute atomic E-state index is 0.0439. The highest BCUT2D eigenvalue weighted by Crippen LogP contribution is 2.35. The van der Waals surface area contributed by atoms with Crippen molar-refractivity contribution in [3.05, 3.63) is 46.8 Å². The molecule has 0 saturated carbocycles. The summed E-state index contributed by atoms with van der Waals surface area (Å²) in [6.45, 7) is 0. The van der Waals surface area contributed by atoms with Gasteiger partial charge in [0.1, 0.15) is 4.21 Å². The first-order chi connectivity index (χ1) is 9.20. The van der Waals surface area contributed by atoms with Crippen LogP contribution in [0.1, 0.15) is 11.1 Å². The molecule has 8 heteroatoms. The van der Waals surface area contributed by atoms with Gasteiger partial charge in [-0.15, -0.1) is 11.3 Å². The molecule has 1 aromatic carbocycles. The van der Waals surface area contributed by atoms with Gasteiger partial charge in [0.05, 0.1) is 11.3 Å². The van der Waals surface area contributed by atoms with Crippen LogP contribution in [0.15, 0.2) is 39.9 Å². The molecule has 2 N–H and O–H groups in total. The number of alkyl halides is 3. The molecule has 0 spiro atoms. The van der Waals surface area contributed by atoms with Crippen molar-refractivity contribution < 1.29 is 21.6 Å². The molecule has 1 heterocycles. The van der Waals surface area contributed by atoms with Gasteiger partial charge in [0.2, 0.25) is 0 Å². The van der Waals surface area contributed by atoms with Gasteiger partial charge in [-0.05, 0) is 29.1 Å². The quantitative estimate of drug-likeness (QED) is 0.882. The molecule has 0 fully saturated rings. The van der Waals surface area contributed by atoms with Crippen LogP contribution in [0, 0.1) is 0 Å². The number of rotatable bonds is 3. The summed E-state index contributed by atoms with van der Waals surface area (Å²) in [6.07, 6.45) is -4.64. The number of thiophene rings is 1. The molecule has 0 amide bonds. The molecule has 2 rings (SSSR count). The summed E-state index contributed by atoms with van der Waals surface area (Å²) in [5.41, 5.74) is 3.95. The highest BCUT2D eigenvalue weighted by Gasteiger charge is 2.34. The Balaban J connectivity index is 2.45. The van der Waals surface area contributed by atoms with E-state index < -0.39 is 27.3 Å². The Kier molecular flexibility index (Phi) is 3.79. The molecule has 0 aliphatic carbocycles. The highest BCUT2D eigenvalue weighted by molar-refractivity contribution is 7.92. The maximum atomic E-state index is 12.9. The van der Waals surface area contributed by atoms with Crippen LogP contribution in [-0.2, 0) is 21.8 Å². The summed E-state index contributed by atoms with van der Waals surface area (Å²) in [5.74, 6) is -0.706. The van der Waals surface area contributed by atoms with Crippen LogP contribution in [0.3, 0.4) is 0 Å². The summed E-state index contributed by atoms with van der Waals surface area (Å²) in [6, 6.07) is 6.01. The summed E-state index contributed by atoms with van der Waals surface area (Å²) in [7, 11) is -3.79. The normalized spacial score (nSPS) is 12.6. The van der Waals surface area contributed by atoms with E-state index in [1.165, 1.54) is 18.2 Å². The van der Waals surface area contributed by atoms with Crippen molar-refractivity contribution in [2.45, 2.75) is 16.1 Å². The monoisotopic (exact) mass is 321 g/mol. The Morgan fingerprint density at radius 1 is 1.20 bits per heavy atom. The zero-order valence-electron chi connectivity index (χ0n) is 10.0. The van der Waals surface area contributed by atoms with Crippen molar-refractivity contribution in [2.24, 2.45) is 0 Å². The molecular weight excluding hydrogens is 311 g/mol. The van der Waals surface area contributed by atoms with Crippen LogP contribution in [0.5, 0.6) is 0 Å². The lowest BCUT2D eigenvalue weighted by Crippen LogP contribution is -2.13. The Bertz CT molecular complexity index is 707. The van der Waals surface area contributed by atoms with Crippen molar-refractivity contribution >= 4 is 26.9 Å². The number of nitrogen functional groups attached to an aromatic ring is 1. The summed E-state index contributed by atoms with van der Waals surface area (Å²) < 4.78 is 62.8. The van der Waals surface area contributed by atoms with Gasteiger partial charge >= 0.3 is 6.18 Å². The van der Waals surface area contributed by atoms with Crippen LogP contribution >= 0.6 is 11.3 Å². The number of anilines is 1. The second-order valence-corrected chi connectivity index (χ2v) is 7.27. The molecule has 1 aromatic heterocycles. The molecule has 0 atom stereocenters. The van der Waals surface area contributed by atoms with Gasteiger partial charge in [-0.3, -0.25) is 0 Å². The average molecular weight is 321 g/mol. The van der Waals surface area contributed by atoms with E-state index in [-0.39, 0.29) is 15.5 Å². The van der Waals surface area contributed by atoms with Crippen LogP contribution in [0.4, 0.5) is 18.9 Å². The van der Waals surface area contributed by atoms with E-state index in [4.69, 9.17) is 5.73 Å². The van der Waals surface area contributed by atoms with Crippen LogP contribution in [0.25, 0.3) is 0 Å². The summed E-state index contributed by atoms with van der Waals surface area (Å²) in [5, 5.41) is 1.56. The molecule has 0 unspecified atom stereocenters. The van der Waals surface area contributed by atoms with E-state index in [2.05, 4.69) is 0 Å². The third-order valence-electron chi connectivity index (χ3n) is 2.59. The Hall–Kier alpha value is -1.54. The third-order valence-corrected chi connectivity index (χ3v) is 5.74. The fourth-order valence-electron chi connectivity index (χ4n) is 1.70. The Morgan fingerprint density at radius 3 is 2.45 bits per heavy atom. The molecule has 0 saturated heterocycles. The van der Waals surface area contributed by atoms with Gasteiger partial charge in [0.25, 0.3) is 0 Å².